The summed E-state index contributed by atoms with van der Waals surface area (Å²) in [5.74, 6) is -1.64. The summed E-state index contributed by atoms with van der Waals surface area (Å²) in [6.07, 6.45) is 1.03. The zero-order valence-electron chi connectivity index (χ0n) is 13.3. The Morgan fingerprint density at radius 3 is 1.64 bits per heavy atom. The van der Waals surface area contributed by atoms with Crippen LogP contribution in [-0.4, -0.2) is 31.1 Å². The summed E-state index contributed by atoms with van der Waals surface area (Å²) in [6, 6.07) is 14.3. The number of hydrogen-bond donors (Lipinski definition) is 0. The maximum Gasteiger partial charge on any atom is 0.342 e. The molecular formula is C19H16O6. The molecule has 0 amide bonds. The molecule has 0 aliphatic rings. The summed E-state index contributed by atoms with van der Waals surface area (Å²) in [4.78, 5) is 35.0. The fourth-order valence-corrected chi connectivity index (χ4v) is 1.90. The van der Waals surface area contributed by atoms with Crippen LogP contribution in [0.1, 0.15) is 31.1 Å². The maximum absolute atomic E-state index is 11.9. The van der Waals surface area contributed by atoms with Gasteiger partial charge in [0.25, 0.3) is 0 Å². The molecule has 6 heteroatoms. The molecule has 0 saturated heterocycles. The molecule has 0 aromatic heterocycles. The fourth-order valence-electron chi connectivity index (χ4n) is 1.90. The Balaban J connectivity index is 1.77. The first kappa shape index (κ1) is 17.9. The van der Waals surface area contributed by atoms with E-state index in [1.54, 1.807) is 30.3 Å². The van der Waals surface area contributed by atoms with Crippen LogP contribution in [0, 0.1) is 0 Å². The minimum Gasteiger partial charge on any atom is -0.458 e. The summed E-state index contributed by atoms with van der Waals surface area (Å²) < 4.78 is 14.6. The van der Waals surface area contributed by atoms with Crippen molar-refractivity contribution in [2.75, 3.05) is 13.2 Å². The van der Waals surface area contributed by atoms with Crippen LogP contribution in [-0.2, 0) is 14.2 Å². The van der Waals surface area contributed by atoms with Crippen molar-refractivity contribution in [3.05, 3.63) is 84.1 Å². The van der Waals surface area contributed by atoms with Gasteiger partial charge in [-0.1, -0.05) is 24.8 Å². The standard InChI is InChI=1S/C19H16O6/c1-2-23-17(20)15-8-10-16(11-9-15)19(22)25-13-12-24-18(21)14-6-4-3-5-7-14/h2-11H,1,12-13H2. The van der Waals surface area contributed by atoms with Crippen LogP contribution in [0.3, 0.4) is 0 Å². The molecule has 0 atom stereocenters. The van der Waals surface area contributed by atoms with E-state index in [2.05, 4.69) is 11.3 Å². The van der Waals surface area contributed by atoms with Crippen molar-refractivity contribution in [3.8, 4) is 0 Å². The number of ether oxygens (including phenoxy) is 3. The van der Waals surface area contributed by atoms with E-state index < -0.39 is 17.9 Å². The van der Waals surface area contributed by atoms with Gasteiger partial charge in [-0.3, -0.25) is 0 Å². The summed E-state index contributed by atoms with van der Waals surface area (Å²) in [6.45, 7) is 3.17. The SMILES string of the molecule is C=COC(=O)c1ccc(C(=O)OCCOC(=O)c2ccccc2)cc1. The quantitative estimate of drug-likeness (QED) is 0.334. The number of rotatable bonds is 7. The van der Waals surface area contributed by atoms with Crippen LogP contribution in [0.2, 0.25) is 0 Å². The molecule has 0 bridgehead atoms. The van der Waals surface area contributed by atoms with Crippen LogP contribution in [0.5, 0.6) is 0 Å². The smallest absolute Gasteiger partial charge is 0.342 e. The fraction of sp³-hybridized carbons (Fsp3) is 0.105. The highest BCUT2D eigenvalue weighted by atomic mass is 16.6. The van der Waals surface area contributed by atoms with Crippen molar-refractivity contribution < 1.29 is 28.6 Å². The highest BCUT2D eigenvalue weighted by molar-refractivity contribution is 5.93. The van der Waals surface area contributed by atoms with E-state index in [1.807, 2.05) is 0 Å². The topological polar surface area (TPSA) is 78.9 Å². The van der Waals surface area contributed by atoms with Gasteiger partial charge in [-0.05, 0) is 36.4 Å². The molecule has 0 heterocycles. The van der Waals surface area contributed by atoms with Gasteiger partial charge in [0.05, 0.1) is 23.0 Å². The number of hydrogen-bond acceptors (Lipinski definition) is 6. The average molecular weight is 340 g/mol. The number of esters is 3. The van der Waals surface area contributed by atoms with Gasteiger partial charge in [-0.25, -0.2) is 14.4 Å². The monoisotopic (exact) mass is 340 g/mol. The predicted molar refractivity (Wildman–Crippen MR) is 89.1 cm³/mol. The third-order valence-electron chi connectivity index (χ3n) is 3.11. The molecule has 0 N–H and O–H groups in total. The lowest BCUT2D eigenvalue weighted by Crippen LogP contribution is -2.14. The van der Waals surface area contributed by atoms with E-state index in [0.717, 1.165) is 6.26 Å². The second-order valence-electron chi connectivity index (χ2n) is 4.79. The van der Waals surface area contributed by atoms with E-state index in [-0.39, 0.29) is 24.3 Å². The van der Waals surface area contributed by atoms with Gasteiger partial charge in [-0.15, -0.1) is 0 Å². The van der Waals surface area contributed by atoms with Gasteiger partial charge in [0, 0.05) is 0 Å². The molecule has 0 radical (unpaired) electrons. The molecule has 0 fully saturated rings. The molecule has 0 aliphatic heterocycles. The van der Waals surface area contributed by atoms with Gasteiger partial charge < -0.3 is 14.2 Å². The van der Waals surface area contributed by atoms with E-state index in [4.69, 9.17) is 9.47 Å². The first-order chi connectivity index (χ1) is 12.1. The molecule has 6 nitrogen and oxygen atoms in total. The number of carbonyl (C=O) groups is 3. The molecular weight excluding hydrogens is 324 g/mol. The zero-order chi connectivity index (χ0) is 18.1. The second-order valence-corrected chi connectivity index (χ2v) is 4.79. The Morgan fingerprint density at radius 2 is 1.16 bits per heavy atom. The Hall–Kier alpha value is -3.41. The van der Waals surface area contributed by atoms with Crippen molar-refractivity contribution in [1.82, 2.24) is 0 Å². The van der Waals surface area contributed by atoms with Crippen molar-refractivity contribution in [2.45, 2.75) is 0 Å². The number of benzene rings is 2. The van der Waals surface area contributed by atoms with E-state index >= 15 is 0 Å². The van der Waals surface area contributed by atoms with Gasteiger partial charge in [0.2, 0.25) is 0 Å². The van der Waals surface area contributed by atoms with Crippen LogP contribution in [0.4, 0.5) is 0 Å². The van der Waals surface area contributed by atoms with Crippen LogP contribution >= 0.6 is 0 Å². The molecule has 2 rings (SSSR count). The highest BCUT2D eigenvalue weighted by Gasteiger charge is 2.11. The third kappa shape index (κ3) is 5.31. The first-order valence-electron chi connectivity index (χ1n) is 7.43. The molecule has 0 spiro atoms. The van der Waals surface area contributed by atoms with E-state index in [1.165, 1.54) is 24.3 Å². The number of carbonyl (C=O) groups excluding carboxylic acids is 3. The van der Waals surface area contributed by atoms with Gasteiger partial charge in [0.15, 0.2) is 0 Å². The summed E-state index contributed by atoms with van der Waals surface area (Å²) >= 11 is 0. The van der Waals surface area contributed by atoms with Crippen molar-refractivity contribution >= 4 is 17.9 Å². The predicted octanol–water partition coefficient (Wildman–Crippen LogP) is 3.00. The van der Waals surface area contributed by atoms with Crippen molar-refractivity contribution in [1.29, 1.82) is 0 Å². The Morgan fingerprint density at radius 1 is 0.720 bits per heavy atom. The minimum atomic E-state index is -0.584. The molecule has 0 saturated carbocycles. The molecule has 0 aliphatic carbocycles. The van der Waals surface area contributed by atoms with E-state index in [9.17, 15) is 14.4 Å². The lowest BCUT2D eigenvalue weighted by Gasteiger charge is -2.07. The van der Waals surface area contributed by atoms with Crippen molar-refractivity contribution in [3.63, 3.8) is 0 Å². The third-order valence-corrected chi connectivity index (χ3v) is 3.11. The largest absolute Gasteiger partial charge is 0.458 e. The molecule has 128 valence electrons. The van der Waals surface area contributed by atoms with Crippen LogP contribution in [0.25, 0.3) is 0 Å². The summed E-state index contributed by atoms with van der Waals surface area (Å²) in [7, 11) is 0. The van der Waals surface area contributed by atoms with Gasteiger partial charge in [-0.2, -0.15) is 0 Å². The lowest BCUT2D eigenvalue weighted by molar-refractivity contribution is 0.0265. The minimum absolute atomic E-state index is 0.0524. The Labute approximate surface area is 144 Å². The molecule has 0 unspecified atom stereocenters. The van der Waals surface area contributed by atoms with Crippen molar-refractivity contribution in [2.24, 2.45) is 0 Å². The normalized spacial score (nSPS) is 9.76. The molecule has 25 heavy (non-hydrogen) atoms. The van der Waals surface area contributed by atoms with Gasteiger partial charge >= 0.3 is 17.9 Å². The molecule has 2 aromatic carbocycles. The second kappa shape index (κ2) is 9.02. The van der Waals surface area contributed by atoms with Crippen LogP contribution in [0.15, 0.2) is 67.4 Å². The summed E-state index contributed by atoms with van der Waals surface area (Å²) in [5, 5.41) is 0. The molecule has 2 aromatic rings. The maximum atomic E-state index is 11.9. The first-order valence-corrected chi connectivity index (χ1v) is 7.43. The Kier molecular flexibility index (Phi) is 6.47. The lowest BCUT2D eigenvalue weighted by atomic mass is 10.1. The highest BCUT2D eigenvalue weighted by Crippen LogP contribution is 2.08. The average Bonchev–Trinajstić information content (AvgIpc) is 2.66. The van der Waals surface area contributed by atoms with Crippen LogP contribution < -0.4 is 0 Å². The van der Waals surface area contributed by atoms with Gasteiger partial charge in [0.1, 0.15) is 13.2 Å². The zero-order valence-corrected chi connectivity index (χ0v) is 13.3. The summed E-state index contributed by atoms with van der Waals surface area (Å²) in [5.41, 5.74) is 0.980. The Bertz CT molecular complexity index is 749. The van der Waals surface area contributed by atoms with E-state index in [0.29, 0.717) is 5.56 Å².